The van der Waals surface area contributed by atoms with Crippen LogP contribution >= 0.6 is 11.3 Å². The fraction of sp³-hybridized carbons (Fsp3) is 0.250. The van der Waals surface area contributed by atoms with Crippen molar-refractivity contribution in [3.05, 3.63) is 40.5 Å². The molecular weight excluding hydrogens is 282 g/mol. The van der Waals surface area contributed by atoms with Crippen LogP contribution in [0.25, 0.3) is 0 Å². The van der Waals surface area contributed by atoms with Gasteiger partial charge in [0.1, 0.15) is 4.21 Å². The predicted octanol–water partition coefficient (Wildman–Crippen LogP) is 2.02. The van der Waals surface area contributed by atoms with E-state index in [0.29, 0.717) is 12.2 Å². The zero-order valence-corrected chi connectivity index (χ0v) is 12.3. The van der Waals surface area contributed by atoms with Crippen molar-refractivity contribution in [1.82, 2.24) is 4.98 Å². The minimum absolute atomic E-state index is 0.270. The summed E-state index contributed by atoms with van der Waals surface area (Å²) in [7, 11) is -3.57. The first-order chi connectivity index (χ1) is 8.92. The van der Waals surface area contributed by atoms with E-state index in [2.05, 4.69) is 9.71 Å². The molecular formula is C12H15N3O2S2. The third kappa shape index (κ3) is 3.12. The van der Waals surface area contributed by atoms with Crippen molar-refractivity contribution in [2.24, 2.45) is 5.73 Å². The van der Waals surface area contributed by atoms with E-state index in [0.717, 1.165) is 16.0 Å². The largest absolute Gasteiger partial charge is 0.326 e. The Bertz CT molecular complexity index is 693. The van der Waals surface area contributed by atoms with E-state index in [-0.39, 0.29) is 4.21 Å². The molecule has 0 aliphatic heterocycles. The summed E-state index contributed by atoms with van der Waals surface area (Å²) in [5.41, 5.74) is 7.82. The fourth-order valence-corrected chi connectivity index (χ4v) is 4.14. The van der Waals surface area contributed by atoms with Crippen LogP contribution in [0.1, 0.15) is 16.0 Å². The molecule has 0 atom stereocenters. The number of aromatic nitrogens is 1. The molecule has 5 nitrogen and oxygen atoms in total. The summed E-state index contributed by atoms with van der Waals surface area (Å²) in [6.45, 7) is 4.05. The molecule has 0 unspecified atom stereocenters. The maximum Gasteiger partial charge on any atom is 0.271 e. The summed E-state index contributed by atoms with van der Waals surface area (Å²) in [6.07, 6.45) is 3.15. The summed E-state index contributed by atoms with van der Waals surface area (Å²) in [6, 6.07) is 3.37. The van der Waals surface area contributed by atoms with Gasteiger partial charge in [0.05, 0.1) is 11.9 Å². The molecule has 2 aromatic heterocycles. The zero-order valence-electron chi connectivity index (χ0n) is 10.7. The molecule has 0 spiro atoms. The first-order valence-electron chi connectivity index (χ1n) is 5.66. The number of thiophene rings is 1. The Balaban J connectivity index is 2.32. The van der Waals surface area contributed by atoms with E-state index in [9.17, 15) is 8.42 Å². The molecule has 0 aliphatic carbocycles. The molecule has 0 amide bonds. The molecule has 0 saturated carbocycles. The number of anilines is 1. The third-order valence-corrected chi connectivity index (χ3v) is 5.69. The van der Waals surface area contributed by atoms with Gasteiger partial charge in [0.15, 0.2) is 0 Å². The van der Waals surface area contributed by atoms with E-state index in [1.807, 2.05) is 13.8 Å². The zero-order chi connectivity index (χ0) is 14.0. The van der Waals surface area contributed by atoms with Crippen LogP contribution < -0.4 is 10.5 Å². The minimum Gasteiger partial charge on any atom is -0.326 e. The maximum absolute atomic E-state index is 12.2. The number of nitrogens with two attached hydrogens (primary N) is 1. The lowest BCUT2D eigenvalue weighted by Gasteiger charge is -2.06. The van der Waals surface area contributed by atoms with Crippen molar-refractivity contribution >= 4 is 27.0 Å². The second kappa shape index (κ2) is 5.28. The third-order valence-electron chi connectivity index (χ3n) is 2.58. The summed E-state index contributed by atoms with van der Waals surface area (Å²) in [4.78, 5) is 4.83. The molecule has 7 heteroatoms. The van der Waals surface area contributed by atoms with Crippen molar-refractivity contribution in [3.63, 3.8) is 0 Å². The van der Waals surface area contributed by atoms with E-state index in [1.165, 1.54) is 17.5 Å². The summed E-state index contributed by atoms with van der Waals surface area (Å²) < 4.78 is 27.2. The first-order valence-corrected chi connectivity index (χ1v) is 7.96. The van der Waals surface area contributed by atoms with Crippen molar-refractivity contribution in [3.8, 4) is 0 Å². The topological polar surface area (TPSA) is 85.1 Å². The Morgan fingerprint density at radius 3 is 2.63 bits per heavy atom. The molecule has 0 fully saturated rings. The number of nitrogens with one attached hydrogen (secondary N) is 1. The highest BCUT2D eigenvalue weighted by molar-refractivity contribution is 7.94. The molecule has 2 heterocycles. The standard InChI is InChI=1S/C12H15N3O2S2/c1-8-3-10(7-14-6-8)15-19(16,17)12-4-9(2)11(5-13)18-12/h3-4,6-7,15H,5,13H2,1-2H3. The van der Waals surface area contributed by atoms with Crippen LogP contribution in [0.15, 0.2) is 28.7 Å². The molecule has 0 bridgehead atoms. The second-order valence-corrected chi connectivity index (χ2v) is 7.28. The summed E-state index contributed by atoms with van der Waals surface area (Å²) >= 11 is 1.19. The Morgan fingerprint density at radius 2 is 2.05 bits per heavy atom. The van der Waals surface area contributed by atoms with Crippen LogP contribution in [-0.2, 0) is 16.6 Å². The Kier molecular flexibility index (Phi) is 3.88. The quantitative estimate of drug-likeness (QED) is 0.904. The van der Waals surface area contributed by atoms with Gasteiger partial charge in [-0.05, 0) is 37.1 Å². The lowest BCUT2D eigenvalue weighted by Crippen LogP contribution is -2.11. The van der Waals surface area contributed by atoms with Gasteiger partial charge in [-0.25, -0.2) is 8.42 Å². The van der Waals surface area contributed by atoms with E-state index < -0.39 is 10.0 Å². The monoisotopic (exact) mass is 297 g/mol. The van der Waals surface area contributed by atoms with Crippen LogP contribution in [0.4, 0.5) is 5.69 Å². The van der Waals surface area contributed by atoms with Crippen molar-refractivity contribution in [2.45, 2.75) is 24.6 Å². The number of nitrogens with zero attached hydrogens (tertiary/aromatic N) is 1. The van der Waals surface area contributed by atoms with Gasteiger partial charge >= 0.3 is 0 Å². The molecule has 0 aliphatic rings. The highest BCUT2D eigenvalue weighted by Gasteiger charge is 2.18. The highest BCUT2D eigenvalue weighted by Crippen LogP contribution is 2.27. The molecule has 0 aromatic carbocycles. The van der Waals surface area contributed by atoms with Gasteiger partial charge in [-0.1, -0.05) is 0 Å². The van der Waals surface area contributed by atoms with Crippen LogP contribution in [0.3, 0.4) is 0 Å². The number of sulfonamides is 1. The van der Waals surface area contributed by atoms with Gasteiger partial charge in [-0.15, -0.1) is 11.3 Å². The van der Waals surface area contributed by atoms with Gasteiger partial charge in [-0.2, -0.15) is 0 Å². The SMILES string of the molecule is Cc1cncc(NS(=O)(=O)c2cc(C)c(CN)s2)c1. The number of aryl methyl sites for hydroxylation is 2. The lowest BCUT2D eigenvalue weighted by atomic mass is 10.3. The predicted molar refractivity (Wildman–Crippen MR) is 76.7 cm³/mol. The molecule has 2 rings (SSSR count). The van der Waals surface area contributed by atoms with Crippen LogP contribution in [0.2, 0.25) is 0 Å². The maximum atomic E-state index is 12.2. The normalized spacial score (nSPS) is 11.5. The van der Waals surface area contributed by atoms with E-state index in [4.69, 9.17) is 5.73 Å². The van der Waals surface area contributed by atoms with Gasteiger partial charge in [0, 0.05) is 17.6 Å². The van der Waals surface area contributed by atoms with Gasteiger partial charge in [0.2, 0.25) is 0 Å². The Hall–Kier alpha value is -1.44. The molecule has 2 aromatic rings. The number of hydrogen-bond donors (Lipinski definition) is 2. The van der Waals surface area contributed by atoms with Crippen molar-refractivity contribution in [2.75, 3.05) is 4.72 Å². The van der Waals surface area contributed by atoms with Gasteiger partial charge in [0.25, 0.3) is 10.0 Å². The van der Waals surface area contributed by atoms with Crippen LogP contribution in [-0.4, -0.2) is 13.4 Å². The van der Waals surface area contributed by atoms with Crippen molar-refractivity contribution in [1.29, 1.82) is 0 Å². The number of rotatable bonds is 4. The molecule has 19 heavy (non-hydrogen) atoms. The van der Waals surface area contributed by atoms with Crippen LogP contribution in [0.5, 0.6) is 0 Å². The summed E-state index contributed by atoms with van der Waals surface area (Å²) in [5.74, 6) is 0. The number of hydrogen-bond acceptors (Lipinski definition) is 5. The molecule has 0 radical (unpaired) electrons. The Labute approximate surface area is 116 Å². The van der Waals surface area contributed by atoms with Crippen LogP contribution in [0, 0.1) is 13.8 Å². The van der Waals surface area contributed by atoms with E-state index >= 15 is 0 Å². The highest BCUT2D eigenvalue weighted by atomic mass is 32.2. The van der Waals surface area contributed by atoms with Crippen molar-refractivity contribution < 1.29 is 8.42 Å². The average Bonchev–Trinajstić information content (AvgIpc) is 2.71. The second-order valence-electron chi connectivity index (χ2n) is 4.23. The molecule has 102 valence electrons. The lowest BCUT2D eigenvalue weighted by molar-refractivity contribution is 0.603. The van der Waals surface area contributed by atoms with Gasteiger partial charge < -0.3 is 5.73 Å². The number of pyridine rings is 1. The molecule has 0 saturated heterocycles. The van der Waals surface area contributed by atoms with E-state index in [1.54, 1.807) is 18.3 Å². The smallest absolute Gasteiger partial charge is 0.271 e. The first kappa shape index (κ1) is 14.0. The van der Waals surface area contributed by atoms with Gasteiger partial charge in [-0.3, -0.25) is 9.71 Å². The minimum atomic E-state index is -3.57. The molecule has 3 N–H and O–H groups in total. The summed E-state index contributed by atoms with van der Waals surface area (Å²) in [5, 5.41) is 0. The fourth-order valence-electron chi connectivity index (χ4n) is 1.64. The average molecular weight is 297 g/mol. The Morgan fingerprint density at radius 1 is 1.32 bits per heavy atom.